The minimum atomic E-state index is 0.0983. The first-order valence-electron chi connectivity index (χ1n) is 7.94. The maximum absolute atomic E-state index is 8.81. The van der Waals surface area contributed by atoms with Gasteiger partial charge in [-0.05, 0) is 42.4 Å². The molecule has 8 heteroatoms. The predicted molar refractivity (Wildman–Crippen MR) is 105 cm³/mol. The quantitative estimate of drug-likeness (QED) is 0.409. The Morgan fingerprint density at radius 2 is 2.31 bits per heavy atom. The highest BCUT2D eigenvalue weighted by molar-refractivity contribution is 7.80. The van der Waals surface area contributed by atoms with Crippen molar-refractivity contribution < 1.29 is 0 Å². The molecular weight excluding hydrogens is 346 g/mol. The summed E-state index contributed by atoms with van der Waals surface area (Å²) < 4.78 is 1.91. The molecule has 2 heterocycles. The van der Waals surface area contributed by atoms with Gasteiger partial charge in [-0.1, -0.05) is 6.07 Å². The SMILES string of the molecule is Cn1cncc1-c1cc(/C=N/NC(N)=S)c2cc(CCC#N)ccc2n1. The minimum Gasteiger partial charge on any atom is -0.375 e. The largest absolute Gasteiger partial charge is 0.375 e. The number of thiocarbonyl (C=S) groups is 1. The number of pyridine rings is 1. The van der Waals surface area contributed by atoms with Crippen molar-refractivity contribution >= 4 is 34.4 Å². The van der Waals surface area contributed by atoms with Crippen molar-refractivity contribution in [2.45, 2.75) is 12.8 Å². The van der Waals surface area contributed by atoms with E-state index in [-0.39, 0.29) is 5.11 Å². The average molecular weight is 363 g/mol. The first-order chi connectivity index (χ1) is 12.6. The van der Waals surface area contributed by atoms with Gasteiger partial charge in [0.2, 0.25) is 0 Å². The number of fused-ring (bicyclic) bond motifs is 1. The van der Waals surface area contributed by atoms with E-state index in [1.807, 2.05) is 35.9 Å². The smallest absolute Gasteiger partial charge is 0.184 e. The second-order valence-electron chi connectivity index (χ2n) is 5.73. The molecule has 3 aromatic rings. The van der Waals surface area contributed by atoms with Gasteiger partial charge in [-0.3, -0.25) is 5.43 Å². The zero-order chi connectivity index (χ0) is 18.5. The fraction of sp³-hybridized carbons (Fsp3) is 0.167. The van der Waals surface area contributed by atoms with Crippen molar-refractivity contribution in [3.05, 3.63) is 47.9 Å². The van der Waals surface area contributed by atoms with Gasteiger partial charge in [0.05, 0.1) is 41.7 Å². The van der Waals surface area contributed by atoms with Gasteiger partial charge in [0, 0.05) is 24.4 Å². The van der Waals surface area contributed by atoms with E-state index in [1.165, 1.54) is 0 Å². The fourth-order valence-electron chi connectivity index (χ4n) is 2.66. The number of imidazole rings is 1. The van der Waals surface area contributed by atoms with Gasteiger partial charge in [-0.2, -0.15) is 10.4 Å². The van der Waals surface area contributed by atoms with Crippen LogP contribution in [0.1, 0.15) is 17.5 Å². The van der Waals surface area contributed by atoms with Crippen molar-refractivity contribution in [1.82, 2.24) is 20.0 Å². The Balaban J connectivity index is 2.12. The second-order valence-corrected chi connectivity index (χ2v) is 6.17. The average Bonchev–Trinajstić information content (AvgIpc) is 3.05. The molecule has 3 rings (SSSR count). The van der Waals surface area contributed by atoms with Gasteiger partial charge in [-0.15, -0.1) is 0 Å². The summed E-state index contributed by atoms with van der Waals surface area (Å²) in [5.74, 6) is 0. The maximum atomic E-state index is 8.81. The summed E-state index contributed by atoms with van der Waals surface area (Å²) in [5.41, 5.74) is 12.5. The fourth-order valence-corrected chi connectivity index (χ4v) is 2.71. The molecule has 0 aliphatic heterocycles. The highest BCUT2D eigenvalue weighted by Gasteiger charge is 2.10. The van der Waals surface area contributed by atoms with Crippen LogP contribution in [0.2, 0.25) is 0 Å². The number of rotatable bonds is 5. The summed E-state index contributed by atoms with van der Waals surface area (Å²) >= 11 is 4.78. The van der Waals surface area contributed by atoms with Gasteiger partial charge in [-0.25, -0.2) is 9.97 Å². The summed E-state index contributed by atoms with van der Waals surface area (Å²) in [6.45, 7) is 0. The lowest BCUT2D eigenvalue weighted by molar-refractivity contribution is 0.917. The molecule has 7 nitrogen and oxygen atoms in total. The highest BCUT2D eigenvalue weighted by Crippen LogP contribution is 2.25. The lowest BCUT2D eigenvalue weighted by atomic mass is 10.0. The lowest BCUT2D eigenvalue weighted by Gasteiger charge is -2.09. The number of aromatic nitrogens is 3. The molecule has 0 aliphatic rings. The molecule has 0 amide bonds. The highest BCUT2D eigenvalue weighted by atomic mass is 32.1. The molecule has 0 bridgehead atoms. The summed E-state index contributed by atoms with van der Waals surface area (Å²) in [5, 5.41) is 13.9. The molecule has 0 saturated heterocycles. The van der Waals surface area contributed by atoms with Crippen LogP contribution in [0.4, 0.5) is 0 Å². The van der Waals surface area contributed by atoms with Crippen LogP contribution in [0, 0.1) is 11.3 Å². The van der Waals surface area contributed by atoms with E-state index in [0.29, 0.717) is 12.8 Å². The van der Waals surface area contributed by atoms with Crippen molar-refractivity contribution in [3.63, 3.8) is 0 Å². The summed E-state index contributed by atoms with van der Waals surface area (Å²) in [6.07, 6.45) is 6.32. The normalized spacial score (nSPS) is 10.9. The number of nitrogens with two attached hydrogens (primary N) is 1. The first-order valence-corrected chi connectivity index (χ1v) is 8.35. The summed E-state index contributed by atoms with van der Waals surface area (Å²) in [4.78, 5) is 8.90. The number of aryl methyl sites for hydroxylation is 2. The minimum absolute atomic E-state index is 0.0983. The Kier molecular flexibility index (Phi) is 5.20. The Bertz CT molecular complexity index is 1030. The number of hydrogen-bond acceptors (Lipinski definition) is 5. The molecule has 0 atom stereocenters. The second kappa shape index (κ2) is 7.72. The zero-order valence-electron chi connectivity index (χ0n) is 14.2. The van der Waals surface area contributed by atoms with E-state index in [2.05, 4.69) is 21.6 Å². The van der Waals surface area contributed by atoms with Gasteiger partial charge in [0.15, 0.2) is 5.11 Å². The predicted octanol–water partition coefficient (Wildman–Crippen LogP) is 2.26. The number of benzene rings is 1. The standard InChI is InChI=1S/C18H17N7S/c1-25-11-21-10-17(25)16-8-13(9-22-24-18(20)26)14-7-12(3-2-6-19)4-5-15(14)23-16/h4-5,7-11H,2-3H2,1H3,(H3,20,24,26)/b22-9+. The maximum Gasteiger partial charge on any atom is 0.184 e. The van der Waals surface area contributed by atoms with Crippen LogP contribution in [0.5, 0.6) is 0 Å². The molecule has 0 aliphatic carbocycles. The number of hydrogen-bond donors (Lipinski definition) is 2. The van der Waals surface area contributed by atoms with Gasteiger partial charge >= 0.3 is 0 Å². The van der Waals surface area contributed by atoms with E-state index in [1.54, 1.807) is 18.7 Å². The van der Waals surface area contributed by atoms with Gasteiger partial charge in [0.25, 0.3) is 0 Å². The van der Waals surface area contributed by atoms with E-state index < -0.39 is 0 Å². The zero-order valence-corrected chi connectivity index (χ0v) is 15.0. The molecule has 3 N–H and O–H groups in total. The molecule has 26 heavy (non-hydrogen) atoms. The molecule has 130 valence electrons. The van der Waals surface area contributed by atoms with Crippen molar-refractivity contribution in [1.29, 1.82) is 5.26 Å². The molecule has 1 aromatic carbocycles. The van der Waals surface area contributed by atoms with Crippen LogP contribution in [0.25, 0.3) is 22.3 Å². The Labute approximate surface area is 156 Å². The van der Waals surface area contributed by atoms with Gasteiger partial charge < -0.3 is 10.3 Å². The Morgan fingerprint density at radius 1 is 1.46 bits per heavy atom. The van der Waals surface area contributed by atoms with Crippen LogP contribution in [0.15, 0.2) is 41.9 Å². The Morgan fingerprint density at radius 3 is 3.00 bits per heavy atom. The summed E-state index contributed by atoms with van der Waals surface area (Å²) in [6, 6.07) is 10.1. The van der Waals surface area contributed by atoms with Crippen molar-refractivity contribution in [3.8, 4) is 17.5 Å². The number of nitriles is 1. The lowest BCUT2D eigenvalue weighted by Crippen LogP contribution is -2.24. The molecule has 0 unspecified atom stereocenters. The Hall–Kier alpha value is -3.31. The van der Waals surface area contributed by atoms with Crippen LogP contribution in [0.3, 0.4) is 0 Å². The molecule has 2 aromatic heterocycles. The number of hydrazone groups is 1. The van der Waals surface area contributed by atoms with Crippen molar-refractivity contribution in [2.75, 3.05) is 0 Å². The third-order valence-electron chi connectivity index (χ3n) is 3.89. The molecule has 0 radical (unpaired) electrons. The van der Waals surface area contributed by atoms with Crippen LogP contribution in [-0.2, 0) is 13.5 Å². The third-order valence-corrected chi connectivity index (χ3v) is 3.98. The van der Waals surface area contributed by atoms with Crippen molar-refractivity contribution in [2.24, 2.45) is 17.9 Å². The van der Waals surface area contributed by atoms with E-state index in [0.717, 1.165) is 33.4 Å². The van der Waals surface area contributed by atoms with E-state index in [9.17, 15) is 0 Å². The monoisotopic (exact) mass is 363 g/mol. The topological polar surface area (TPSA) is 105 Å². The number of nitrogens with zero attached hydrogens (tertiary/aromatic N) is 5. The molecule has 0 spiro atoms. The number of nitrogens with one attached hydrogen (secondary N) is 1. The van der Waals surface area contributed by atoms with Gasteiger partial charge in [0.1, 0.15) is 0 Å². The van der Waals surface area contributed by atoms with E-state index >= 15 is 0 Å². The third kappa shape index (κ3) is 3.84. The molecule has 0 saturated carbocycles. The summed E-state index contributed by atoms with van der Waals surface area (Å²) in [7, 11) is 1.92. The molecule has 0 fully saturated rings. The van der Waals surface area contributed by atoms with Crippen LogP contribution in [-0.4, -0.2) is 25.9 Å². The van der Waals surface area contributed by atoms with E-state index in [4.69, 9.17) is 28.2 Å². The van der Waals surface area contributed by atoms with Crippen LogP contribution < -0.4 is 11.2 Å². The molecular formula is C18H17N7S. The first kappa shape index (κ1) is 17.5. The van der Waals surface area contributed by atoms with Crippen LogP contribution >= 0.6 is 12.2 Å².